The second-order valence-electron chi connectivity index (χ2n) is 5.72. The van der Waals surface area contributed by atoms with Crippen molar-refractivity contribution in [2.45, 2.75) is 26.4 Å². The number of halogens is 4. The third-order valence-electron chi connectivity index (χ3n) is 3.31. The smallest absolute Gasteiger partial charge is 0.405 e. The van der Waals surface area contributed by atoms with Gasteiger partial charge in [-0.1, -0.05) is 18.2 Å². The van der Waals surface area contributed by atoms with Crippen LogP contribution in [0.1, 0.15) is 18.2 Å². The first-order chi connectivity index (χ1) is 12.8. The van der Waals surface area contributed by atoms with Crippen LogP contribution in [0, 0.1) is 0 Å². The van der Waals surface area contributed by atoms with E-state index < -0.39 is 6.36 Å². The molecule has 0 aliphatic heterocycles. The number of guanidine groups is 1. The van der Waals surface area contributed by atoms with Crippen LogP contribution in [0.15, 0.2) is 34.6 Å². The fourth-order valence-electron chi connectivity index (χ4n) is 2.12. The molecule has 0 aliphatic rings. The minimum absolute atomic E-state index is 0. The Balaban J connectivity index is 0.00000392. The van der Waals surface area contributed by atoms with E-state index in [-0.39, 0.29) is 36.3 Å². The standard InChI is InChI=1S/C17H22F3N5OS.HI/c1-4-21-15(23-10-13-11-27-16(24-13)25(2)3)22-9-12-7-5-6-8-14(12)26-17(18,19)20;/h5-8,11H,4,9-10H2,1-3H3,(H2,21,22,23);1H. The lowest BCUT2D eigenvalue weighted by molar-refractivity contribution is -0.274. The fourth-order valence-corrected chi connectivity index (χ4v) is 2.88. The molecule has 0 saturated carbocycles. The Labute approximate surface area is 183 Å². The van der Waals surface area contributed by atoms with Crippen molar-refractivity contribution >= 4 is 46.4 Å². The molecule has 0 spiro atoms. The van der Waals surface area contributed by atoms with Crippen LogP contribution in [0.5, 0.6) is 5.75 Å². The zero-order valence-corrected chi connectivity index (χ0v) is 18.9. The van der Waals surface area contributed by atoms with Crippen molar-refractivity contribution < 1.29 is 17.9 Å². The number of hydrogen-bond acceptors (Lipinski definition) is 5. The van der Waals surface area contributed by atoms with Gasteiger partial charge >= 0.3 is 6.36 Å². The van der Waals surface area contributed by atoms with Crippen LogP contribution >= 0.6 is 35.3 Å². The van der Waals surface area contributed by atoms with Gasteiger partial charge in [0, 0.05) is 31.6 Å². The Morgan fingerprint density at radius 2 is 1.96 bits per heavy atom. The van der Waals surface area contributed by atoms with Gasteiger partial charge in [-0.05, 0) is 13.0 Å². The van der Waals surface area contributed by atoms with Gasteiger partial charge in [-0.15, -0.1) is 48.5 Å². The number of aromatic nitrogens is 1. The van der Waals surface area contributed by atoms with Crippen molar-refractivity contribution in [1.29, 1.82) is 0 Å². The lowest BCUT2D eigenvalue weighted by atomic mass is 10.2. The van der Waals surface area contributed by atoms with Gasteiger partial charge in [-0.2, -0.15) is 0 Å². The van der Waals surface area contributed by atoms with Crippen LogP contribution < -0.4 is 20.3 Å². The molecule has 1 heterocycles. The van der Waals surface area contributed by atoms with E-state index >= 15 is 0 Å². The van der Waals surface area contributed by atoms with E-state index in [1.54, 1.807) is 12.1 Å². The number of hydrogen-bond donors (Lipinski definition) is 2. The van der Waals surface area contributed by atoms with Gasteiger partial charge in [-0.3, -0.25) is 0 Å². The quantitative estimate of drug-likeness (QED) is 0.323. The van der Waals surface area contributed by atoms with E-state index in [1.807, 2.05) is 31.3 Å². The Bertz CT molecular complexity index is 767. The van der Waals surface area contributed by atoms with Crippen molar-refractivity contribution in [3.8, 4) is 5.75 Å². The van der Waals surface area contributed by atoms with Gasteiger partial charge in [0.25, 0.3) is 0 Å². The van der Waals surface area contributed by atoms with Gasteiger partial charge in [-0.25, -0.2) is 9.98 Å². The minimum atomic E-state index is -4.74. The number of aliphatic imine (C=N–C) groups is 1. The Morgan fingerprint density at radius 1 is 1.25 bits per heavy atom. The first-order valence-corrected chi connectivity index (χ1v) is 9.14. The highest BCUT2D eigenvalue weighted by Gasteiger charge is 2.31. The maximum absolute atomic E-state index is 12.5. The second kappa shape index (κ2) is 11.3. The summed E-state index contributed by atoms with van der Waals surface area (Å²) in [7, 11) is 3.84. The molecule has 0 bridgehead atoms. The van der Waals surface area contributed by atoms with Gasteiger partial charge < -0.3 is 20.3 Å². The molecular formula is C17H23F3IN5OS. The molecule has 0 radical (unpaired) electrons. The van der Waals surface area contributed by atoms with E-state index in [9.17, 15) is 13.2 Å². The molecule has 0 aliphatic carbocycles. The van der Waals surface area contributed by atoms with Crippen LogP contribution in [-0.2, 0) is 13.1 Å². The number of benzene rings is 1. The molecule has 1 aromatic heterocycles. The normalized spacial score (nSPS) is 11.6. The summed E-state index contributed by atoms with van der Waals surface area (Å²) < 4.78 is 41.6. The molecule has 0 unspecified atom stereocenters. The van der Waals surface area contributed by atoms with E-state index in [1.165, 1.54) is 23.5 Å². The molecule has 28 heavy (non-hydrogen) atoms. The highest BCUT2D eigenvalue weighted by molar-refractivity contribution is 14.0. The molecule has 0 amide bonds. The number of nitrogens with zero attached hydrogens (tertiary/aromatic N) is 3. The third-order valence-corrected chi connectivity index (χ3v) is 4.37. The lowest BCUT2D eigenvalue weighted by Gasteiger charge is -2.13. The Hall–Kier alpha value is -1.76. The highest BCUT2D eigenvalue weighted by atomic mass is 127. The van der Waals surface area contributed by atoms with Crippen LogP contribution in [0.4, 0.5) is 18.3 Å². The van der Waals surface area contributed by atoms with Crippen LogP contribution in [0.25, 0.3) is 0 Å². The largest absolute Gasteiger partial charge is 0.573 e. The fraction of sp³-hybridized carbons (Fsp3) is 0.412. The molecule has 2 rings (SSSR count). The van der Waals surface area contributed by atoms with Crippen molar-refractivity contribution in [2.24, 2.45) is 4.99 Å². The molecular weight excluding hydrogens is 506 g/mol. The van der Waals surface area contributed by atoms with Crippen molar-refractivity contribution in [3.05, 3.63) is 40.9 Å². The molecule has 0 atom stereocenters. The van der Waals surface area contributed by atoms with Crippen molar-refractivity contribution in [1.82, 2.24) is 15.6 Å². The molecule has 6 nitrogen and oxygen atoms in total. The molecule has 11 heteroatoms. The van der Waals surface area contributed by atoms with Gasteiger partial charge in [0.2, 0.25) is 0 Å². The minimum Gasteiger partial charge on any atom is -0.405 e. The van der Waals surface area contributed by atoms with Gasteiger partial charge in [0.05, 0.1) is 18.8 Å². The first-order valence-electron chi connectivity index (χ1n) is 8.26. The summed E-state index contributed by atoms with van der Waals surface area (Å²) >= 11 is 1.53. The summed E-state index contributed by atoms with van der Waals surface area (Å²) in [6.45, 7) is 3.02. The SMILES string of the molecule is CCNC(=NCc1ccccc1OC(F)(F)F)NCc1csc(N(C)C)n1.I. The van der Waals surface area contributed by atoms with E-state index in [2.05, 4.69) is 25.3 Å². The number of anilines is 1. The number of ether oxygens (including phenoxy) is 1. The average molecular weight is 529 g/mol. The predicted molar refractivity (Wildman–Crippen MR) is 117 cm³/mol. The first kappa shape index (κ1) is 24.3. The average Bonchev–Trinajstić information content (AvgIpc) is 3.06. The number of rotatable bonds is 7. The van der Waals surface area contributed by atoms with Crippen LogP contribution in [-0.4, -0.2) is 37.9 Å². The van der Waals surface area contributed by atoms with E-state index in [0.29, 0.717) is 24.6 Å². The summed E-state index contributed by atoms with van der Waals surface area (Å²) in [5.41, 5.74) is 1.20. The summed E-state index contributed by atoms with van der Waals surface area (Å²) in [6, 6.07) is 5.96. The summed E-state index contributed by atoms with van der Waals surface area (Å²) in [4.78, 5) is 10.7. The molecule has 2 N–H and O–H groups in total. The predicted octanol–water partition coefficient (Wildman–Crippen LogP) is 3.98. The van der Waals surface area contributed by atoms with Crippen molar-refractivity contribution in [3.63, 3.8) is 0 Å². The highest BCUT2D eigenvalue weighted by Crippen LogP contribution is 2.26. The third kappa shape index (κ3) is 8.09. The van der Waals surface area contributed by atoms with Crippen molar-refractivity contribution in [2.75, 3.05) is 25.5 Å². The van der Waals surface area contributed by atoms with E-state index in [4.69, 9.17) is 0 Å². The summed E-state index contributed by atoms with van der Waals surface area (Å²) in [5, 5.41) is 9.03. The Morgan fingerprint density at radius 3 is 2.57 bits per heavy atom. The summed E-state index contributed by atoms with van der Waals surface area (Å²) in [6.07, 6.45) is -4.74. The van der Waals surface area contributed by atoms with E-state index in [0.717, 1.165) is 10.8 Å². The molecule has 2 aromatic rings. The van der Waals surface area contributed by atoms with Gasteiger partial charge in [0.15, 0.2) is 11.1 Å². The molecule has 0 fully saturated rings. The number of thiazole rings is 1. The molecule has 0 saturated heterocycles. The van der Waals surface area contributed by atoms with Crippen LogP contribution in [0.2, 0.25) is 0 Å². The lowest BCUT2D eigenvalue weighted by Crippen LogP contribution is -2.36. The monoisotopic (exact) mass is 529 g/mol. The maximum atomic E-state index is 12.5. The molecule has 156 valence electrons. The second-order valence-corrected chi connectivity index (χ2v) is 6.56. The summed E-state index contributed by atoms with van der Waals surface area (Å²) in [5.74, 6) is 0.235. The zero-order valence-electron chi connectivity index (χ0n) is 15.7. The van der Waals surface area contributed by atoms with Crippen LogP contribution in [0.3, 0.4) is 0 Å². The number of nitrogens with one attached hydrogen (secondary N) is 2. The number of para-hydroxylation sites is 1. The molecule has 1 aromatic carbocycles. The maximum Gasteiger partial charge on any atom is 0.573 e. The zero-order chi connectivity index (χ0) is 19.9. The number of alkyl halides is 3. The topological polar surface area (TPSA) is 61.8 Å². The Kier molecular flexibility index (Phi) is 9.79. The van der Waals surface area contributed by atoms with Gasteiger partial charge in [0.1, 0.15) is 5.75 Å².